The van der Waals surface area contributed by atoms with Crippen molar-refractivity contribution < 1.29 is 4.74 Å². The second-order valence-corrected chi connectivity index (χ2v) is 7.58. The molecule has 0 amide bonds. The van der Waals surface area contributed by atoms with Crippen molar-refractivity contribution in [1.82, 2.24) is 15.0 Å². The molecule has 2 aromatic carbocycles. The number of rotatable bonds is 6. The molecule has 3 rings (SSSR count). The van der Waals surface area contributed by atoms with Gasteiger partial charge in [-0.15, -0.1) is 5.10 Å². The molecule has 5 nitrogen and oxygen atoms in total. The van der Waals surface area contributed by atoms with Crippen LogP contribution in [0, 0.1) is 6.92 Å². The SMILES string of the molecule is Cc1ccc(C(C)C)cc1OCCCn1nnc2ccc(Br)cc2c1=O. The highest BCUT2D eigenvalue weighted by Crippen LogP contribution is 2.24. The minimum atomic E-state index is -0.130. The summed E-state index contributed by atoms with van der Waals surface area (Å²) in [5.74, 6) is 1.36. The van der Waals surface area contributed by atoms with Gasteiger partial charge in [0.25, 0.3) is 5.56 Å². The van der Waals surface area contributed by atoms with Crippen LogP contribution in [-0.2, 0) is 6.54 Å². The van der Waals surface area contributed by atoms with E-state index < -0.39 is 0 Å². The molecule has 0 aliphatic rings. The first kappa shape index (κ1) is 18.6. The summed E-state index contributed by atoms with van der Waals surface area (Å²) in [4.78, 5) is 12.5. The average molecular weight is 416 g/mol. The van der Waals surface area contributed by atoms with E-state index in [0.717, 1.165) is 15.8 Å². The van der Waals surface area contributed by atoms with Gasteiger partial charge in [-0.3, -0.25) is 4.79 Å². The lowest BCUT2D eigenvalue weighted by molar-refractivity contribution is 0.294. The first-order valence-corrected chi connectivity index (χ1v) is 9.51. The summed E-state index contributed by atoms with van der Waals surface area (Å²) in [7, 11) is 0. The minimum absolute atomic E-state index is 0.130. The highest BCUT2D eigenvalue weighted by Gasteiger charge is 2.07. The molecule has 0 aliphatic heterocycles. The first-order chi connectivity index (χ1) is 12.5. The largest absolute Gasteiger partial charge is 0.493 e. The van der Waals surface area contributed by atoms with E-state index in [1.54, 1.807) is 12.1 Å². The Labute approximate surface area is 161 Å². The second kappa shape index (κ2) is 7.99. The molecule has 0 atom stereocenters. The number of fused-ring (bicyclic) bond motifs is 1. The van der Waals surface area contributed by atoms with Crippen LogP contribution in [0.3, 0.4) is 0 Å². The van der Waals surface area contributed by atoms with Crippen LogP contribution in [0.1, 0.15) is 37.3 Å². The van der Waals surface area contributed by atoms with Crippen LogP contribution >= 0.6 is 15.9 Å². The Morgan fingerprint density at radius 2 is 2.00 bits per heavy atom. The number of aromatic nitrogens is 3. The molecule has 0 unspecified atom stereocenters. The Kier molecular flexibility index (Phi) is 5.71. The number of hydrogen-bond acceptors (Lipinski definition) is 4. The highest BCUT2D eigenvalue weighted by atomic mass is 79.9. The number of halogens is 1. The Balaban J connectivity index is 1.66. The van der Waals surface area contributed by atoms with Crippen LogP contribution in [0.4, 0.5) is 0 Å². The Hall–Kier alpha value is -2.21. The van der Waals surface area contributed by atoms with E-state index in [0.29, 0.717) is 36.4 Å². The molecule has 0 saturated carbocycles. The molecular formula is C20H22BrN3O2. The van der Waals surface area contributed by atoms with Gasteiger partial charge in [0.15, 0.2) is 0 Å². The second-order valence-electron chi connectivity index (χ2n) is 6.66. The molecule has 136 valence electrons. The van der Waals surface area contributed by atoms with E-state index >= 15 is 0 Å². The number of aryl methyl sites for hydroxylation is 2. The van der Waals surface area contributed by atoms with Crippen LogP contribution in [0.15, 0.2) is 45.7 Å². The van der Waals surface area contributed by atoms with Gasteiger partial charge in [0.2, 0.25) is 0 Å². The molecule has 26 heavy (non-hydrogen) atoms. The Morgan fingerprint density at radius 1 is 1.19 bits per heavy atom. The van der Waals surface area contributed by atoms with Gasteiger partial charge in [0.05, 0.1) is 12.0 Å². The zero-order valence-electron chi connectivity index (χ0n) is 15.2. The van der Waals surface area contributed by atoms with E-state index in [9.17, 15) is 4.79 Å². The summed E-state index contributed by atoms with van der Waals surface area (Å²) in [5.41, 5.74) is 2.84. The van der Waals surface area contributed by atoms with Crippen molar-refractivity contribution >= 4 is 26.8 Å². The third-order valence-electron chi connectivity index (χ3n) is 4.33. The quantitative estimate of drug-likeness (QED) is 0.557. The van der Waals surface area contributed by atoms with Crippen molar-refractivity contribution in [3.8, 4) is 5.75 Å². The lowest BCUT2D eigenvalue weighted by Gasteiger charge is -2.13. The number of ether oxygens (including phenoxy) is 1. The molecule has 0 spiro atoms. The average Bonchev–Trinajstić information content (AvgIpc) is 2.62. The maximum atomic E-state index is 12.5. The maximum Gasteiger partial charge on any atom is 0.277 e. The standard InChI is InChI=1S/C20H22BrN3O2/c1-13(2)15-6-5-14(3)19(11-15)26-10-4-9-24-20(25)17-12-16(21)7-8-18(17)22-23-24/h5-8,11-13H,4,9-10H2,1-3H3. The van der Waals surface area contributed by atoms with E-state index in [-0.39, 0.29) is 5.56 Å². The van der Waals surface area contributed by atoms with Gasteiger partial charge in [0.1, 0.15) is 11.3 Å². The fourth-order valence-corrected chi connectivity index (χ4v) is 3.08. The molecule has 1 heterocycles. The van der Waals surface area contributed by atoms with Crippen molar-refractivity contribution in [2.75, 3.05) is 6.61 Å². The molecule has 3 aromatic rings. The third-order valence-corrected chi connectivity index (χ3v) is 4.83. The molecule has 0 radical (unpaired) electrons. The lowest BCUT2D eigenvalue weighted by Crippen LogP contribution is -2.25. The zero-order chi connectivity index (χ0) is 18.7. The molecule has 0 N–H and O–H groups in total. The summed E-state index contributed by atoms with van der Waals surface area (Å²) in [6.07, 6.45) is 0.680. The fourth-order valence-electron chi connectivity index (χ4n) is 2.72. The van der Waals surface area contributed by atoms with Gasteiger partial charge in [-0.05, 0) is 48.2 Å². The summed E-state index contributed by atoms with van der Waals surface area (Å²) < 4.78 is 8.18. The van der Waals surface area contributed by atoms with E-state index in [1.807, 2.05) is 13.0 Å². The van der Waals surface area contributed by atoms with E-state index in [4.69, 9.17) is 4.74 Å². The number of nitrogens with zero attached hydrogens (tertiary/aromatic N) is 3. The normalized spacial score (nSPS) is 11.3. The molecule has 0 fully saturated rings. The van der Waals surface area contributed by atoms with Gasteiger partial charge in [-0.2, -0.15) is 0 Å². The maximum absolute atomic E-state index is 12.5. The molecular weight excluding hydrogens is 394 g/mol. The first-order valence-electron chi connectivity index (χ1n) is 8.72. The lowest BCUT2D eigenvalue weighted by atomic mass is 10.0. The van der Waals surface area contributed by atoms with Crippen LogP contribution in [0.2, 0.25) is 0 Å². The highest BCUT2D eigenvalue weighted by molar-refractivity contribution is 9.10. The topological polar surface area (TPSA) is 57.0 Å². The van der Waals surface area contributed by atoms with Crippen LogP contribution in [0.25, 0.3) is 10.9 Å². The predicted octanol–water partition coefficient (Wildman–Crippen LogP) is 4.45. The van der Waals surface area contributed by atoms with Crippen LogP contribution in [-0.4, -0.2) is 21.6 Å². The van der Waals surface area contributed by atoms with Gasteiger partial charge in [0, 0.05) is 17.4 Å². The van der Waals surface area contributed by atoms with Gasteiger partial charge < -0.3 is 4.74 Å². The van der Waals surface area contributed by atoms with Crippen LogP contribution < -0.4 is 10.3 Å². The van der Waals surface area contributed by atoms with E-state index in [2.05, 4.69) is 58.3 Å². The molecule has 1 aromatic heterocycles. The third kappa shape index (κ3) is 4.12. The smallest absolute Gasteiger partial charge is 0.277 e. The Morgan fingerprint density at radius 3 is 2.77 bits per heavy atom. The predicted molar refractivity (Wildman–Crippen MR) is 107 cm³/mol. The number of hydrogen-bond donors (Lipinski definition) is 0. The van der Waals surface area contributed by atoms with Crippen molar-refractivity contribution in [3.05, 3.63) is 62.4 Å². The Bertz CT molecular complexity index is 982. The molecule has 0 saturated heterocycles. The zero-order valence-corrected chi connectivity index (χ0v) is 16.8. The monoisotopic (exact) mass is 415 g/mol. The summed E-state index contributed by atoms with van der Waals surface area (Å²) >= 11 is 3.39. The van der Waals surface area contributed by atoms with Crippen molar-refractivity contribution in [2.45, 2.75) is 39.7 Å². The molecule has 0 aliphatic carbocycles. The van der Waals surface area contributed by atoms with Crippen LogP contribution in [0.5, 0.6) is 5.75 Å². The molecule has 6 heteroatoms. The van der Waals surface area contributed by atoms with Gasteiger partial charge in [-0.1, -0.05) is 47.1 Å². The van der Waals surface area contributed by atoms with Gasteiger partial charge in [-0.25, -0.2) is 4.68 Å². The van der Waals surface area contributed by atoms with Crippen molar-refractivity contribution in [3.63, 3.8) is 0 Å². The number of benzene rings is 2. The minimum Gasteiger partial charge on any atom is -0.493 e. The summed E-state index contributed by atoms with van der Waals surface area (Å²) in [6, 6.07) is 11.7. The van der Waals surface area contributed by atoms with Crippen molar-refractivity contribution in [2.24, 2.45) is 0 Å². The summed E-state index contributed by atoms with van der Waals surface area (Å²) in [5, 5.41) is 8.70. The fraction of sp³-hybridized carbons (Fsp3) is 0.350. The van der Waals surface area contributed by atoms with Gasteiger partial charge >= 0.3 is 0 Å². The molecule has 0 bridgehead atoms. The summed E-state index contributed by atoms with van der Waals surface area (Å²) in [6.45, 7) is 7.36. The van der Waals surface area contributed by atoms with E-state index in [1.165, 1.54) is 10.2 Å². The van der Waals surface area contributed by atoms with Crippen molar-refractivity contribution in [1.29, 1.82) is 0 Å².